The van der Waals surface area contributed by atoms with Gasteiger partial charge in [-0.05, 0) is 64.2 Å². The molecule has 2 aliphatic rings. The van der Waals surface area contributed by atoms with E-state index < -0.39 is 0 Å². The highest BCUT2D eigenvalue weighted by molar-refractivity contribution is 5.84. The first-order chi connectivity index (χ1) is 12.8. The van der Waals surface area contributed by atoms with Gasteiger partial charge in [0.15, 0.2) is 0 Å². The third-order valence-corrected chi connectivity index (χ3v) is 5.93. The fraction of sp³-hybridized carbons (Fsp3) is 0.909. The lowest BCUT2D eigenvalue weighted by atomic mass is 9.75. The Morgan fingerprint density at radius 1 is 1.00 bits per heavy atom. The number of carbonyl (C=O) groups excluding carboxylic acids is 2. The summed E-state index contributed by atoms with van der Waals surface area (Å²) in [6.45, 7) is 10.2. The first kappa shape index (κ1) is 22.4. The van der Waals surface area contributed by atoms with E-state index in [4.69, 9.17) is 9.47 Å². The van der Waals surface area contributed by atoms with Crippen LogP contribution in [0.4, 0.5) is 0 Å². The van der Waals surface area contributed by atoms with Crippen molar-refractivity contribution in [3.05, 3.63) is 0 Å². The van der Waals surface area contributed by atoms with Gasteiger partial charge in [0.2, 0.25) is 5.91 Å². The molecule has 1 N–H and O–H groups in total. The number of nitrogens with one attached hydrogen (secondary N) is 1. The molecule has 158 valence electrons. The molecule has 0 aromatic carbocycles. The predicted octanol–water partition coefficient (Wildman–Crippen LogP) is 3.99. The van der Waals surface area contributed by atoms with Gasteiger partial charge in [-0.3, -0.25) is 9.59 Å². The second-order valence-corrected chi connectivity index (χ2v) is 9.08. The van der Waals surface area contributed by atoms with Crippen molar-refractivity contribution in [3.63, 3.8) is 0 Å². The van der Waals surface area contributed by atoms with Crippen LogP contribution in [0.2, 0.25) is 0 Å². The Hall–Kier alpha value is -0.940. The molecule has 1 amide bonds. The highest BCUT2D eigenvalue weighted by Crippen LogP contribution is 2.31. The number of rotatable bonds is 11. The lowest BCUT2D eigenvalue weighted by molar-refractivity contribution is -0.131. The monoisotopic (exact) mass is 383 g/mol. The molecular weight excluding hydrogens is 342 g/mol. The molecule has 2 aliphatic carbocycles. The van der Waals surface area contributed by atoms with Crippen LogP contribution in [0.3, 0.4) is 0 Å². The van der Waals surface area contributed by atoms with E-state index in [1.54, 1.807) is 0 Å². The van der Waals surface area contributed by atoms with E-state index in [2.05, 4.69) is 19.2 Å². The fourth-order valence-electron chi connectivity index (χ4n) is 4.05. The third-order valence-electron chi connectivity index (χ3n) is 5.93. The minimum atomic E-state index is 0. The Morgan fingerprint density at radius 2 is 1.59 bits per heavy atom. The van der Waals surface area contributed by atoms with Gasteiger partial charge in [-0.15, -0.1) is 0 Å². The largest absolute Gasteiger partial charge is 0.381 e. The van der Waals surface area contributed by atoms with Crippen molar-refractivity contribution in [3.8, 4) is 0 Å². The standard InChI is InChI=1S/C22H39NO4.H2/c1-15(2)22(25)19-11-20(12-19)23-21(24)9-10-26-13-17-5-7-18(8-6-17)14-27-16(3)4;/h15-20H,5-14H2,1-4H3,(H,23,24);1H. The molecule has 0 aromatic heterocycles. The molecule has 2 rings (SSSR count). The van der Waals surface area contributed by atoms with Crippen molar-refractivity contribution in [2.24, 2.45) is 23.7 Å². The summed E-state index contributed by atoms with van der Waals surface area (Å²) in [5.41, 5.74) is 0. The number of ether oxygens (including phenoxy) is 2. The van der Waals surface area contributed by atoms with Crippen molar-refractivity contribution in [1.29, 1.82) is 0 Å². The van der Waals surface area contributed by atoms with Gasteiger partial charge in [0, 0.05) is 38.9 Å². The van der Waals surface area contributed by atoms with Gasteiger partial charge < -0.3 is 14.8 Å². The number of hydrogen-bond acceptors (Lipinski definition) is 4. The Kier molecular flexibility index (Phi) is 9.24. The van der Waals surface area contributed by atoms with E-state index >= 15 is 0 Å². The molecule has 5 nitrogen and oxygen atoms in total. The maximum atomic E-state index is 12.0. The zero-order chi connectivity index (χ0) is 19.8. The maximum Gasteiger partial charge on any atom is 0.222 e. The van der Waals surface area contributed by atoms with Crippen LogP contribution in [0.5, 0.6) is 0 Å². The van der Waals surface area contributed by atoms with Crippen molar-refractivity contribution in [1.82, 2.24) is 5.32 Å². The molecule has 0 aliphatic heterocycles. The van der Waals surface area contributed by atoms with Crippen LogP contribution in [0.1, 0.15) is 74.1 Å². The van der Waals surface area contributed by atoms with Crippen LogP contribution in [0.15, 0.2) is 0 Å². The van der Waals surface area contributed by atoms with Crippen molar-refractivity contribution < 1.29 is 20.5 Å². The van der Waals surface area contributed by atoms with Crippen LogP contribution in [0.25, 0.3) is 0 Å². The van der Waals surface area contributed by atoms with Crippen molar-refractivity contribution in [2.45, 2.75) is 84.8 Å². The van der Waals surface area contributed by atoms with Crippen molar-refractivity contribution in [2.75, 3.05) is 19.8 Å². The van der Waals surface area contributed by atoms with Gasteiger partial charge in [0.05, 0.1) is 12.7 Å². The van der Waals surface area contributed by atoms with Gasteiger partial charge in [-0.2, -0.15) is 0 Å². The van der Waals surface area contributed by atoms with Crippen LogP contribution >= 0.6 is 0 Å². The van der Waals surface area contributed by atoms with Crippen LogP contribution in [0, 0.1) is 23.7 Å². The molecule has 0 unspecified atom stereocenters. The SMILES string of the molecule is CC(C)OCC1CCC(COCCC(=O)NC2CC(C(=O)C(C)C)C2)CC1.[HH]. The first-order valence-electron chi connectivity index (χ1n) is 10.9. The number of hydrogen-bond donors (Lipinski definition) is 1. The summed E-state index contributed by atoms with van der Waals surface area (Å²) in [7, 11) is 0. The molecule has 5 heteroatoms. The minimum Gasteiger partial charge on any atom is -0.381 e. The maximum absolute atomic E-state index is 12.0. The second-order valence-electron chi connectivity index (χ2n) is 9.08. The summed E-state index contributed by atoms with van der Waals surface area (Å²) in [5.74, 6) is 1.94. The van der Waals surface area contributed by atoms with E-state index in [0.717, 1.165) is 26.1 Å². The van der Waals surface area contributed by atoms with E-state index in [1.807, 2.05) is 13.8 Å². The summed E-state index contributed by atoms with van der Waals surface area (Å²) >= 11 is 0. The van der Waals surface area contributed by atoms with Crippen LogP contribution < -0.4 is 5.32 Å². The molecule has 27 heavy (non-hydrogen) atoms. The zero-order valence-corrected chi connectivity index (χ0v) is 17.7. The summed E-state index contributed by atoms with van der Waals surface area (Å²) in [6.07, 6.45) is 7.17. The smallest absolute Gasteiger partial charge is 0.222 e. The number of ketones is 1. The molecule has 0 atom stereocenters. The van der Waals surface area contributed by atoms with Crippen LogP contribution in [-0.2, 0) is 19.1 Å². The van der Waals surface area contributed by atoms with Gasteiger partial charge in [-0.1, -0.05) is 13.8 Å². The normalized spacial score (nSPS) is 28.2. The molecule has 0 spiro atoms. The molecular formula is C22H41NO4. The third kappa shape index (κ3) is 7.90. The van der Waals surface area contributed by atoms with E-state index in [1.165, 1.54) is 25.7 Å². The quantitative estimate of drug-likeness (QED) is 0.548. The Morgan fingerprint density at radius 3 is 2.15 bits per heavy atom. The number of carbonyl (C=O) groups is 2. The summed E-state index contributed by atoms with van der Waals surface area (Å²) in [4.78, 5) is 23.9. The second kappa shape index (κ2) is 11.2. The van der Waals surface area contributed by atoms with Gasteiger partial charge in [-0.25, -0.2) is 0 Å². The molecule has 2 saturated carbocycles. The summed E-state index contributed by atoms with van der Waals surface area (Å²) < 4.78 is 11.5. The van der Waals surface area contributed by atoms with Gasteiger partial charge in [0.25, 0.3) is 0 Å². The topological polar surface area (TPSA) is 64.6 Å². The lowest BCUT2D eigenvalue weighted by Crippen LogP contribution is -2.47. The van der Waals surface area contributed by atoms with Crippen LogP contribution in [-0.4, -0.2) is 43.7 Å². The average molecular weight is 384 g/mol. The summed E-state index contributed by atoms with van der Waals surface area (Å²) in [5, 5.41) is 3.02. The average Bonchev–Trinajstić information content (AvgIpc) is 2.60. The highest BCUT2D eigenvalue weighted by Gasteiger charge is 2.35. The fourth-order valence-corrected chi connectivity index (χ4v) is 4.05. The van der Waals surface area contributed by atoms with E-state index in [-0.39, 0.29) is 25.2 Å². The predicted molar refractivity (Wildman–Crippen MR) is 109 cm³/mol. The highest BCUT2D eigenvalue weighted by atomic mass is 16.5. The minimum absolute atomic E-state index is 0. The van der Waals surface area contributed by atoms with Gasteiger partial charge in [0.1, 0.15) is 5.78 Å². The molecule has 2 fully saturated rings. The molecule has 0 heterocycles. The van der Waals surface area contributed by atoms with E-state index in [0.29, 0.717) is 36.8 Å². The Bertz CT molecular complexity index is 469. The number of amides is 1. The zero-order valence-electron chi connectivity index (χ0n) is 17.7. The first-order valence-corrected chi connectivity index (χ1v) is 10.9. The lowest BCUT2D eigenvalue weighted by Gasteiger charge is -2.35. The molecule has 0 radical (unpaired) electrons. The van der Waals surface area contributed by atoms with Gasteiger partial charge >= 0.3 is 0 Å². The number of Topliss-reactive ketones (excluding diaryl/α,β-unsaturated/α-hetero) is 1. The molecule has 0 saturated heterocycles. The summed E-state index contributed by atoms with van der Waals surface area (Å²) in [6, 6.07) is 0.175. The van der Waals surface area contributed by atoms with Crippen molar-refractivity contribution >= 4 is 11.7 Å². The Balaban J connectivity index is 0.00000392. The molecule has 0 bridgehead atoms. The Labute approximate surface area is 166 Å². The van der Waals surface area contributed by atoms with E-state index in [9.17, 15) is 9.59 Å². The molecule has 0 aromatic rings.